The minimum Gasteiger partial charge on any atom is -0.423 e. The van der Waals surface area contributed by atoms with Crippen molar-refractivity contribution in [2.45, 2.75) is 55.4 Å². The van der Waals surface area contributed by atoms with Gasteiger partial charge in [0.25, 0.3) is 0 Å². The standard InChI is InChI=1S/C25H21N4.C18H17BrN3.C7H6BNO2.2Ir/c1-16-13-17(2)24(18(3)14-16)29-25(27-19(4)28-29)22-8-6-7-21(15-22)20-9-11-23(26-5)12-10-20;1-11-8-12(2)17(13(3)9-11)22-18(20-14(4)21-22)15-6-5-7-16(19)10-15;1-9-7-4-2-6(3-5-7)8(10)11;;/h6-7,9-15H,1-4H3;5,7-10H,1-4H3;2-5,10-11H;;/q2*-1;;;. The minimum atomic E-state index is -1.45. The number of nitrogens with zero attached hydrogens (tertiary/aromatic N) is 8. The monoisotopic (exact) mass is 1260 g/mol. The summed E-state index contributed by atoms with van der Waals surface area (Å²) >= 11 is 3.51. The van der Waals surface area contributed by atoms with Gasteiger partial charge < -0.3 is 10.0 Å². The van der Waals surface area contributed by atoms with E-state index in [1.807, 2.05) is 77.8 Å². The van der Waals surface area contributed by atoms with Crippen molar-refractivity contribution in [2.24, 2.45) is 0 Å². The van der Waals surface area contributed by atoms with E-state index >= 15 is 0 Å². The summed E-state index contributed by atoms with van der Waals surface area (Å²) in [6.07, 6.45) is 0. The first kappa shape index (κ1) is 51.0. The molecule has 8 aromatic rings. The van der Waals surface area contributed by atoms with E-state index in [0.29, 0.717) is 16.8 Å². The molecule has 2 heterocycles. The first-order valence-electron chi connectivity index (χ1n) is 19.7. The van der Waals surface area contributed by atoms with Gasteiger partial charge in [0.1, 0.15) is 11.6 Å². The van der Waals surface area contributed by atoms with E-state index in [9.17, 15) is 0 Å². The molecule has 0 bridgehead atoms. The molecule has 0 fully saturated rings. The zero-order chi connectivity index (χ0) is 44.7. The zero-order valence-electron chi connectivity index (χ0n) is 36.5. The number of aryl methyl sites for hydroxylation is 8. The maximum atomic E-state index is 8.67. The van der Waals surface area contributed by atoms with Crippen LogP contribution in [0, 0.1) is 80.7 Å². The normalized spacial score (nSPS) is 10.1. The largest absolute Gasteiger partial charge is 0.488 e. The van der Waals surface area contributed by atoms with Gasteiger partial charge in [-0.2, -0.15) is 10.2 Å². The maximum Gasteiger partial charge on any atom is 0.488 e. The van der Waals surface area contributed by atoms with Crippen LogP contribution in [-0.2, 0) is 40.2 Å². The Morgan fingerprint density at radius 1 is 0.547 bits per heavy atom. The molecule has 6 aromatic carbocycles. The first-order valence-corrected chi connectivity index (χ1v) is 20.5. The van der Waals surface area contributed by atoms with Crippen LogP contribution in [0.5, 0.6) is 0 Å². The van der Waals surface area contributed by atoms with Gasteiger partial charge in [0.05, 0.1) is 36.2 Å². The van der Waals surface area contributed by atoms with E-state index in [2.05, 4.69) is 125 Å². The van der Waals surface area contributed by atoms with Crippen LogP contribution >= 0.6 is 15.9 Å². The SMILES string of the molecule is Cc1cc(C)c(-n2nc(C)nc2-c2[c-]ccc(Br)c2)c(C)c1.[C-]#[N+]c1ccc(-c2cc[c-]c(-c3nc(C)nn3-c3c(C)cc(C)cc3C)c2)cc1.[C-]#[N+]c1ccc(B(O)O)cc1.[Ir].[Ir]. The van der Waals surface area contributed by atoms with E-state index in [-0.39, 0.29) is 40.2 Å². The average Bonchev–Trinajstić information content (AvgIpc) is 3.82. The van der Waals surface area contributed by atoms with E-state index in [1.54, 1.807) is 12.1 Å². The Kier molecular flexibility index (Phi) is 18.2. The van der Waals surface area contributed by atoms with Crippen molar-refractivity contribution in [3.63, 3.8) is 0 Å². The van der Waals surface area contributed by atoms with Crippen molar-refractivity contribution in [1.82, 2.24) is 29.5 Å². The molecule has 0 aliphatic carbocycles. The molecule has 0 aliphatic rings. The van der Waals surface area contributed by atoms with E-state index in [1.165, 1.54) is 45.5 Å². The van der Waals surface area contributed by atoms with Crippen LogP contribution in [0.4, 0.5) is 11.4 Å². The van der Waals surface area contributed by atoms with Gasteiger partial charge in [-0.05, 0) is 88.7 Å². The van der Waals surface area contributed by atoms with E-state index in [0.717, 1.165) is 61.4 Å². The molecule has 0 aliphatic heterocycles. The molecule has 2 N–H and O–H groups in total. The summed E-state index contributed by atoms with van der Waals surface area (Å²) in [6.45, 7) is 30.2. The molecular weight excluding hydrogens is 1220 g/mol. The summed E-state index contributed by atoms with van der Waals surface area (Å²) in [5.41, 5.74) is 14.8. The fourth-order valence-electron chi connectivity index (χ4n) is 7.30. The number of aromatic nitrogens is 6. The molecular formula is C50H44BBrIr2N8O2-2. The second-order valence-electron chi connectivity index (χ2n) is 14.9. The van der Waals surface area contributed by atoms with Crippen LogP contribution in [0.1, 0.15) is 45.0 Å². The van der Waals surface area contributed by atoms with E-state index < -0.39 is 7.12 Å². The third-order valence-electron chi connectivity index (χ3n) is 9.82. The van der Waals surface area contributed by atoms with Gasteiger partial charge in [0, 0.05) is 40.2 Å². The molecule has 0 saturated heterocycles. The fraction of sp³-hybridized carbons (Fsp3) is 0.160. The number of rotatable bonds is 6. The summed E-state index contributed by atoms with van der Waals surface area (Å²) in [7, 11) is -1.45. The molecule has 8 rings (SSSR count). The van der Waals surface area contributed by atoms with Crippen LogP contribution in [0.15, 0.2) is 114 Å². The number of hydrogen-bond donors (Lipinski definition) is 2. The topological polar surface area (TPSA) is 111 Å². The molecule has 10 nitrogen and oxygen atoms in total. The van der Waals surface area contributed by atoms with Gasteiger partial charge >= 0.3 is 7.12 Å². The maximum absolute atomic E-state index is 8.67. The number of benzene rings is 6. The Hall–Kier alpha value is -5.66. The smallest absolute Gasteiger partial charge is 0.423 e. The molecule has 0 spiro atoms. The quantitative estimate of drug-likeness (QED) is 0.127. The van der Waals surface area contributed by atoms with Crippen LogP contribution in [-0.4, -0.2) is 46.7 Å². The number of halogens is 1. The second-order valence-corrected chi connectivity index (χ2v) is 15.8. The van der Waals surface area contributed by atoms with Crippen LogP contribution < -0.4 is 5.46 Å². The average molecular weight is 1260 g/mol. The summed E-state index contributed by atoms with van der Waals surface area (Å²) < 4.78 is 4.86. The van der Waals surface area contributed by atoms with Crippen LogP contribution in [0.25, 0.3) is 55.0 Å². The van der Waals surface area contributed by atoms with Crippen molar-refractivity contribution < 1.29 is 50.3 Å². The van der Waals surface area contributed by atoms with Crippen molar-refractivity contribution in [2.75, 3.05) is 0 Å². The van der Waals surface area contributed by atoms with Crippen molar-refractivity contribution in [3.8, 4) is 45.3 Å². The van der Waals surface area contributed by atoms with Gasteiger partial charge in [0.15, 0.2) is 11.4 Å². The first-order chi connectivity index (χ1) is 29.6. The van der Waals surface area contributed by atoms with Crippen LogP contribution in [0.3, 0.4) is 0 Å². The summed E-state index contributed by atoms with van der Waals surface area (Å²) in [5, 5.41) is 26.6. The Morgan fingerprint density at radius 2 is 0.953 bits per heavy atom. The van der Waals surface area contributed by atoms with Crippen molar-refractivity contribution in [3.05, 3.63) is 194 Å². The van der Waals surface area contributed by atoms with Crippen molar-refractivity contribution >= 4 is 39.9 Å². The summed E-state index contributed by atoms with van der Waals surface area (Å²) in [5.74, 6) is 3.06. The zero-order valence-corrected chi connectivity index (χ0v) is 42.9. The Labute approximate surface area is 411 Å². The molecule has 0 atom stereocenters. The predicted octanol–water partition coefficient (Wildman–Crippen LogP) is 10.8. The van der Waals surface area contributed by atoms with E-state index in [4.69, 9.17) is 28.2 Å². The van der Waals surface area contributed by atoms with Gasteiger partial charge in [-0.1, -0.05) is 104 Å². The molecule has 2 aromatic heterocycles. The third kappa shape index (κ3) is 12.3. The van der Waals surface area contributed by atoms with Gasteiger partial charge in [-0.3, -0.25) is 19.3 Å². The molecule has 14 heteroatoms. The molecule has 0 saturated carbocycles. The molecule has 2 radical (unpaired) electrons. The molecule has 0 unspecified atom stereocenters. The van der Waals surface area contributed by atoms with Crippen LogP contribution in [0.2, 0.25) is 0 Å². The van der Waals surface area contributed by atoms with Gasteiger partial charge in [-0.15, -0.1) is 65.2 Å². The Balaban J connectivity index is 0.000000227. The number of hydrogen-bond acceptors (Lipinski definition) is 6. The molecule has 64 heavy (non-hydrogen) atoms. The Bertz CT molecular complexity index is 2930. The molecule has 326 valence electrons. The molecule has 0 amide bonds. The Morgan fingerprint density at radius 3 is 1.36 bits per heavy atom. The fourth-order valence-corrected chi connectivity index (χ4v) is 7.66. The van der Waals surface area contributed by atoms with Crippen molar-refractivity contribution in [1.29, 1.82) is 0 Å². The summed E-state index contributed by atoms with van der Waals surface area (Å²) in [4.78, 5) is 15.9. The van der Waals surface area contributed by atoms with Gasteiger partial charge in [-0.25, -0.2) is 9.69 Å². The second kappa shape index (κ2) is 22.8. The summed E-state index contributed by atoms with van der Waals surface area (Å²) in [6, 6.07) is 40.8. The minimum absolute atomic E-state index is 0. The third-order valence-corrected chi connectivity index (χ3v) is 10.3. The van der Waals surface area contributed by atoms with Gasteiger partial charge in [0.2, 0.25) is 0 Å². The predicted molar refractivity (Wildman–Crippen MR) is 251 cm³/mol.